The molecular weight excluding hydrogens is 414 g/mol. The zero-order valence-electron chi connectivity index (χ0n) is 16.0. The van der Waals surface area contributed by atoms with Crippen LogP contribution in [0.1, 0.15) is 34.8 Å². The van der Waals surface area contributed by atoms with Gasteiger partial charge >= 0.3 is 5.97 Å². The first-order valence-corrected chi connectivity index (χ1v) is 11.2. The molecule has 0 saturated carbocycles. The molecule has 0 amide bonds. The van der Waals surface area contributed by atoms with Crippen LogP contribution in [0.5, 0.6) is 0 Å². The zero-order chi connectivity index (χ0) is 21.0. The largest absolute Gasteiger partial charge is 0.466 e. The lowest BCUT2D eigenvalue weighted by Gasteiger charge is -2.11. The van der Waals surface area contributed by atoms with Crippen molar-refractivity contribution in [1.82, 2.24) is 4.72 Å². The average Bonchev–Trinajstić information content (AvgIpc) is 3.09. The first kappa shape index (κ1) is 21.5. The number of halogens is 1. The van der Waals surface area contributed by atoms with Crippen molar-refractivity contribution in [2.24, 2.45) is 5.92 Å². The summed E-state index contributed by atoms with van der Waals surface area (Å²) >= 11 is 5.81. The Labute approximate surface area is 175 Å². The Bertz CT molecular complexity index is 1020. The molecule has 0 radical (unpaired) electrons. The minimum atomic E-state index is -3.61. The van der Waals surface area contributed by atoms with Gasteiger partial charge in [0.2, 0.25) is 10.0 Å². The van der Waals surface area contributed by atoms with Gasteiger partial charge in [0.05, 0.1) is 11.5 Å². The fourth-order valence-corrected chi connectivity index (χ4v) is 4.64. The number of hydrogen-bond acceptors (Lipinski definition) is 5. The summed E-state index contributed by atoms with van der Waals surface area (Å²) in [5, 5.41) is 0.475. The van der Waals surface area contributed by atoms with E-state index in [0.717, 1.165) is 17.5 Å². The van der Waals surface area contributed by atoms with Crippen molar-refractivity contribution in [3.63, 3.8) is 0 Å². The summed E-state index contributed by atoms with van der Waals surface area (Å²) in [6.45, 7) is 2.23. The van der Waals surface area contributed by atoms with Crippen LogP contribution in [0.2, 0.25) is 5.02 Å². The van der Waals surface area contributed by atoms with Crippen LogP contribution >= 0.6 is 11.6 Å². The maximum absolute atomic E-state index is 12.4. The van der Waals surface area contributed by atoms with Crippen LogP contribution in [-0.2, 0) is 32.4 Å². The third kappa shape index (κ3) is 5.44. The topological polar surface area (TPSA) is 89.5 Å². The molecule has 1 unspecified atom stereocenters. The number of fused-ring (bicyclic) bond motifs is 1. The molecule has 3 rings (SSSR count). The van der Waals surface area contributed by atoms with Gasteiger partial charge in [-0.3, -0.25) is 9.59 Å². The highest BCUT2D eigenvalue weighted by Gasteiger charge is 2.25. The first-order valence-electron chi connectivity index (χ1n) is 9.34. The number of carbonyl (C=O) groups is 2. The fourth-order valence-electron chi connectivity index (χ4n) is 3.40. The number of ketones is 1. The molecule has 0 fully saturated rings. The lowest BCUT2D eigenvalue weighted by atomic mass is 10.0. The molecule has 1 atom stereocenters. The SMILES string of the molecule is CCOC(=O)CC(=O)c1ccc2c(c1)CC(CNS(=O)(=O)c1ccc(Cl)cc1)C2. The van der Waals surface area contributed by atoms with Crippen LogP contribution in [0.3, 0.4) is 0 Å². The summed E-state index contributed by atoms with van der Waals surface area (Å²) in [5.74, 6) is -0.715. The fraction of sp³-hybridized carbons (Fsp3) is 0.333. The lowest BCUT2D eigenvalue weighted by molar-refractivity contribution is -0.141. The Kier molecular flexibility index (Phi) is 6.72. The Morgan fingerprint density at radius 1 is 1.10 bits per heavy atom. The summed E-state index contributed by atoms with van der Waals surface area (Å²) in [4.78, 5) is 23.9. The standard InChI is InChI=1S/C21H22ClNO5S/c1-2-28-21(25)12-20(24)16-4-3-15-9-14(10-17(15)11-16)13-23-29(26,27)19-7-5-18(22)6-8-19/h3-8,11,14,23H,2,9-10,12-13H2,1H3. The van der Waals surface area contributed by atoms with Crippen molar-refractivity contribution in [3.05, 3.63) is 64.2 Å². The van der Waals surface area contributed by atoms with Crippen LogP contribution in [0, 0.1) is 5.92 Å². The van der Waals surface area contributed by atoms with Gasteiger partial charge < -0.3 is 4.74 Å². The van der Waals surface area contributed by atoms with E-state index in [1.165, 1.54) is 24.3 Å². The van der Waals surface area contributed by atoms with E-state index in [2.05, 4.69) is 4.72 Å². The molecule has 8 heteroatoms. The van der Waals surface area contributed by atoms with E-state index in [1.54, 1.807) is 19.1 Å². The smallest absolute Gasteiger partial charge is 0.313 e. The number of esters is 1. The summed E-state index contributed by atoms with van der Waals surface area (Å²) in [6.07, 6.45) is 1.11. The highest BCUT2D eigenvalue weighted by Crippen LogP contribution is 2.28. The average molecular weight is 436 g/mol. The molecule has 1 N–H and O–H groups in total. The van der Waals surface area contributed by atoms with Crippen molar-refractivity contribution < 1.29 is 22.7 Å². The molecule has 2 aromatic rings. The zero-order valence-corrected chi connectivity index (χ0v) is 17.6. The number of nitrogens with one attached hydrogen (secondary N) is 1. The van der Waals surface area contributed by atoms with E-state index in [9.17, 15) is 18.0 Å². The molecule has 0 aliphatic heterocycles. The maximum Gasteiger partial charge on any atom is 0.313 e. The van der Waals surface area contributed by atoms with E-state index >= 15 is 0 Å². The summed E-state index contributed by atoms with van der Waals surface area (Å²) < 4.78 is 32.3. The summed E-state index contributed by atoms with van der Waals surface area (Å²) in [7, 11) is -3.61. The number of benzene rings is 2. The minimum absolute atomic E-state index is 0.0995. The first-order chi connectivity index (χ1) is 13.8. The number of ether oxygens (including phenoxy) is 1. The number of rotatable bonds is 8. The van der Waals surface area contributed by atoms with Crippen LogP contribution in [0.25, 0.3) is 0 Å². The lowest BCUT2D eigenvalue weighted by Crippen LogP contribution is -2.29. The third-order valence-electron chi connectivity index (χ3n) is 4.84. The molecule has 0 bridgehead atoms. The van der Waals surface area contributed by atoms with E-state index in [-0.39, 0.29) is 29.6 Å². The normalized spacial score (nSPS) is 15.7. The summed E-state index contributed by atoms with van der Waals surface area (Å²) in [6, 6.07) is 11.4. The van der Waals surface area contributed by atoms with Gasteiger partial charge in [0, 0.05) is 17.1 Å². The van der Waals surface area contributed by atoms with Gasteiger partial charge in [-0.05, 0) is 67.1 Å². The third-order valence-corrected chi connectivity index (χ3v) is 6.53. The van der Waals surface area contributed by atoms with Gasteiger partial charge in [0.15, 0.2) is 5.78 Å². The molecular formula is C21H22ClNO5S. The second kappa shape index (κ2) is 9.07. The number of Topliss-reactive ketones (excluding diaryl/α,β-unsaturated/α-hetero) is 1. The van der Waals surface area contributed by atoms with E-state index in [1.807, 2.05) is 6.07 Å². The second-order valence-corrected chi connectivity index (χ2v) is 9.17. The maximum atomic E-state index is 12.4. The van der Waals surface area contributed by atoms with Crippen LogP contribution in [0.4, 0.5) is 0 Å². The molecule has 2 aromatic carbocycles. The molecule has 0 saturated heterocycles. The number of sulfonamides is 1. The Hall–Kier alpha value is -2.22. The van der Waals surface area contributed by atoms with Gasteiger partial charge in [-0.2, -0.15) is 0 Å². The Balaban J connectivity index is 1.60. The summed E-state index contributed by atoms with van der Waals surface area (Å²) in [5.41, 5.74) is 2.57. The monoisotopic (exact) mass is 435 g/mol. The molecule has 6 nitrogen and oxygen atoms in total. The van der Waals surface area contributed by atoms with Crippen LogP contribution in [0.15, 0.2) is 47.4 Å². The van der Waals surface area contributed by atoms with Gasteiger partial charge in [-0.25, -0.2) is 13.1 Å². The van der Waals surface area contributed by atoms with Gasteiger partial charge in [-0.15, -0.1) is 0 Å². The van der Waals surface area contributed by atoms with E-state index in [0.29, 0.717) is 23.6 Å². The molecule has 154 valence electrons. The molecule has 1 aliphatic rings. The van der Waals surface area contributed by atoms with Gasteiger partial charge in [0.25, 0.3) is 0 Å². The molecule has 0 spiro atoms. The van der Waals surface area contributed by atoms with Crippen LogP contribution in [-0.4, -0.2) is 33.3 Å². The highest BCUT2D eigenvalue weighted by atomic mass is 35.5. The molecule has 0 aromatic heterocycles. The van der Waals surface area contributed by atoms with Crippen LogP contribution < -0.4 is 4.72 Å². The van der Waals surface area contributed by atoms with Gasteiger partial charge in [-0.1, -0.05) is 23.7 Å². The van der Waals surface area contributed by atoms with Crippen molar-refractivity contribution in [2.45, 2.75) is 31.1 Å². The minimum Gasteiger partial charge on any atom is -0.466 e. The molecule has 1 aliphatic carbocycles. The number of carbonyl (C=O) groups excluding carboxylic acids is 2. The Morgan fingerprint density at radius 2 is 1.79 bits per heavy atom. The molecule has 0 heterocycles. The predicted octanol–water partition coefficient (Wildman–Crippen LogP) is 3.17. The molecule has 29 heavy (non-hydrogen) atoms. The predicted molar refractivity (Wildman–Crippen MR) is 110 cm³/mol. The van der Waals surface area contributed by atoms with Crippen molar-refractivity contribution >= 4 is 33.4 Å². The van der Waals surface area contributed by atoms with Gasteiger partial charge in [0.1, 0.15) is 6.42 Å². The van der Waals surface area contributed by atoms with E-state index < -0.39 is 16.0 Å². The highest BCUT2D eigenvalue weighted by molar-refractivity contribution is 7.89. The Morgan fingerprint density at radius 3 is 2.48 bits per heavy atom. The quantitative estimate of drug-likeness (QED) is 0.391. The van der Waals surface area contributed by atoms with Crippen molar-refractivity contribution in [1.29, 1.82) is 0 Å². The van der Waals surface area contributed by atoms with Crippen molar-refractivity contribution in [3.8, 4) is 0 Å². The number of hydrogen-bond donors (Lipinski definition) is 1. The van der Waals surface area contributed by atoms with E-state index in [4.69, 9.17) is 16.3 Å². The second-order valence-electron chi connectivity index (χ2n) is 6.97. The van der Waals surface area contributed by atoms with Crippen molar-refractivity contribution in [2.75, 3.05) is 13.2 Å².